The zero-order valence-electron chi connectivity index (χ0n) is 8.98. The van der Waals surface area contributed by atoms with Gasteiger partial charge in [0.2, 0.25) is 0 Å². The third-order valence-electron chi connectivity index (χ3n) is 2.62. The average Bonchev–Trinajstić information content (AvgIpc) is 2.35. The van der Waals surface area contributed by atoms with Gasteiger partial charge in [-0.15, -0.1) is 0 Å². The molecule has 0 spiro atoms. The van der Waals surface area contributed by atoms with E-state index in [2.05, 4.69) is 30.1 Å². The number of hydrogen-bond acceptors (Lipinski definition) is 2. The Morgan fingerprint density at radius 1 is 1.12 bits per heavy atom. The topological polar surface area (TPSA) is 35.9 Å². The molecule has 0 aliphatic carbocycles. The summed E-state index contributed by atoms with van der Waals surface area (Å²) in [5.41, 5.74) is 1.10. The molecule has 0 amide bonds. The Labute approximate surface area is 95.1 Å². The quantitative estimate of drug-likeness (QED) is 0.746. The van der Waals surface area contributed by atoms with E-state index in [1.807, 2.05) is 24.3 Å². The SMILES string of the molecule is C=CNC(C=N)c1cccc2ccccc12. The van der Waals surface area contributed by atoms with Crippen LogP contribution in [0.3, 0.4) is 0 Å². The van der Waals surface area contributed by atoms with Gasteiger partial charge in [0.25, 0.3) is 0 Å². The number of fused-ring (bicyclic) bond motifs is 1. The van der Waals surface area contributed by atoms with Gasteiger partial charge in [-0.2, -0.15) is 0 Å². The van der Waals surface area contributed by atoms with E-state index in [9.17, 15) is 0 Å². The first kappa shape index (κ1) is 10.4. The Morgan fingerprint density at radius 3 is 2.62 bits per heavy atom. The molecule has 0 aliphatic heterocycles. The van der Waals surface area contributed by atoms with Crippen molar-refractivity contribution in [1.29, 1.82) is 5.41 Å². The molecule has 80 valence electrons. The van der Waals surface area contributed by atoms with Gasteiger partial charge in [0.05, 0.1) is 6.04 Å². The molecule has 2 rings (SSSR count). The first-order chi connectivity index (χ1) is 7.86. The van der Waals surface area contributed by atoms with Gasteiger partial charge in [-0.3, -0.25) is 0 Å². The fraction of sp³-hybridized carbons (Fsp3) is 0.0714. The van der Waals surface area contributed by atoms with E-state index < -0.39 is 0 Å². The minimum atomic E-state index is -0.108. The Hall–Kier alpha value is -2.09. The van der Waals surface area contributed by atoms with Crippen molar-refractivity contribution in [3.05, 3.63) is 60.8 Å². The van der Waals surface area contributed by atoms with E-state index in [0.717, 1.165) is 5.56 Å². The van der Waals surface area contributed by atoms with Crippen molar-refractivity contribution < 1.29 is 0 Å². The van der Waals surface area contributed by atoms with Crippen LogP contribution in [0.15, 0.2) is 55.2 Å². The Balaban J connectivity index is 2.58. The fourth-order valence-electron chi connectivity index (χ4n) is 1.88. The zero-order chi connectivity index (χ0) is 11.4. The fourth-order valence-corrected chi connectivity index (χ4v) is 1.88. The molecule has 0 saturated carbocycles. The highest BCUT2D eigenvalue weighted by molar-refractivity contribution is 5.88. The zero-order valence-corrected chi connectivity index (χ0v) is 8.98. The standard InChI is InChI=1S/C14H14N2/c1-2-16-14(10-15)13-9-5-7-11-6-3-4-8-12(11)13/h2-10,14-16H,1H2. The van der Waals surface area contributed by atoms with Crippen molar-refractivity contribution in [2.75, 3.05) is 0 Å². The van der Waals surface area contributed by atoms with E-state index in [-0.39, 0.29) is 6.04 Å². The van der Waals surface area contributed by atoms with Crippen LogP contribution in [0.4, 0.5) is 0 Å². The van der Waals surface area contributed by atoms with Crippen molar-refractivity contribution in [2.24, 2.45) is 0 Å². The van der Waals surface area contributed by atoms with Gasteiger partial charge < -0.3 is 10.7 Å². The molecule has 0 aliphatic rings. The molecule has 2 heteroatoms. The third kappa shape index (κ3) is 1.82. The predicted octanol–water partition coefficient (Wildman–Crippen LogP) is 3.26. The van der Waals surface area contributed by atoms with Crippen LogP contribution in [-0.2, 0) is 0 Å². The maximum absolute atomic E-state index is 7.44. The summed E-state index contributed by atoms with van der Waals surface area (Å²) in [4.78, 5) is 0. The maximum atomic E-state index is 7.44. The summed E-state index contributed by atoms with van der Waals surface area (Å²) in [5, 5.41) is 12.9. The number of nitrogens with one attached hydrogen (secondary N) is 2. The van der Waals surface area contributed by atoms with Crippen LogP contribution >= 0.6 is 0 Å². The molecule has 0 radical (unpaired) electrons. The smallest absolute Gasteiger partial charge is 0.0864 e. The van der Waals surface area contributed by atoms with Gasteiger partial charge in [-0.05, 0) is 22.5 Å². The van der Waals surface area contributed by atoms with Gasteiger partial charge in [0, 0.05) is 6.21 Å². The molecule has 16 heavy (non-hydrogen) atoms. The second-order valence-electron chi connectivity index (χ2n) is 3.58. The highest BCUT2D eigenvalue weighted by atomic mass is 14.9. The lowest BCUT2D eigenvalue weighted by molar-refractivity contribution is 0.812. The van der Waals surface area contributed by atoms with Crippen molar-refractivity contribution in [3.8, 4) is 0 Å². The molecule has 2 nitrogen and oxygen atoms in total. The van der Waals surface area contributed by atoms with Crippen LogP contribution < -0.4 is 5.32 Å². The van der Waals surface area contributed by atoms with Crippen molar-refractivity contribution >= 4 is 17.0 Å². The summed E-state index contributed by atoms with van der Waals surface area (Å²) in [5.74, 6) is 0. The lowest BCUT2D eigenvalue weighted by atomic mass is 9.99. The highest BCUT2D eigenvalue weighted by Gasteiger charge is 2.08. The lowest BCUT2D eigenvalue weighted by Crippen LogP contribution is -2.16. The molecule has 2 aromatic rings. The average molecular weight is 210 g/mol. The van der Waals surface area contributed by atoms with E-state index in [1.165, 1.54) is 17.0 Å². The van der Waals surface area contributed by atoms with Crippen LogP contribution in [0.25, 0.3) is 10.8 Å². The normalized spacial score (nSPS) is 12.0. The summed E-state index contributed by atoms with van der Waals surface area (Å²) >= 11 is 0. The van der Waals surface area contributed by atoms with E-state index in [1.54, 1.807) is 6.20 Å². The van der Waals surface area contributed by atoms with E-state index >= 15 is 0 Å². The van der Waals surface area contributed by atoms with Crippen LogP contribution in [0.2, 0.25) is 0 Å². The maximum Gasteiger partial charge on any atom is 0.0864 e. The predicted molar refractivity (Wildman–Crippen MR) is 68.8 cm³/mol. The minimum Gasteiger partial charge on any atom is -0.380 e. The van der Waals surface area contributed by atoms with Gasteiger partial charge in [0.15, 0.2) is 0 Å². The summed E-state index contributed by atoms with van der Waals surface area (Å²) in [6.45, 7) is 3.64. The van der Waals surface area contributed by atoms with Crippen LogP contribution in [0.1, 0.15) is 11.6 Å². The van der Waals surface area contributed by atoms with Crippen molar-refractivity contribution in [3.63, 3.8) is 0 Å². The monoisotopic (exact) mass is 210 g/mol. The number of hydrogen-bond donors (Lipinski definition) is 2. The molecule has 2 N–H and O–H groups in total. The minimum absolute atomic E-state index is 0.108. The van der Waals surface area contributed by atoms with Crippen molar-refractivity contribution in [2.45, 2.75) is 6.04 Å². The largest absolute Gasteiger partial charge is 0.380 e. The molecule has 0 fully saturated rings. The van der Waals surface area contributed by atoms with Gasteiger partial charge >= 0.3 is 0 Å². The molecule has 0 aromatic heterocycles. The van der Waals surface area contributed by atoms with Gasteiger partial charge in [-0.1, -0.05) is 49.0 Å². The number of rotatable bonds is 4. The molecular formula is C14H14N2. The highest BCUT2D eigenvalue weighted by Crippen LogP contribution is 2.23. The summed E-state index contributed by atoms with van der Waals surface area (Å²) in [6.07, 6.45) is 3.01. The molecule has 1 atom stereocenters. The number of benzene rings is 2. The van der Waals surface area contributed by atoms with E-state index in [0.29, 0.717) is 0 Å². The van der Waals surface area contributed by atoms with Crippen LogP contribution in [0, 0.1) is 5.41 Å². The summed E-state index contributed by atoms with van der Waals surface area (Å²) < 4.78 is 0. The Kier molecular flexibility index (Phi) is 3.01. The molecule has 1 unspecified atom stereocenters. The van der Waals surface area contributed by atoms with Gasteiger partial charge in [0.1, 0.15) is 0 Å². The second-order valence-corrected chi connectivity index (χ2v) is 3.58. The molecule has 0 heterocycles. The summed E-state index contributed by atoms with van der Waals surface area (Å²) in [7, 11) is 0. The second kappa shape index (κ2) is 4.62. The van der Waals surface area contributed by atoms with Crippen LogP contribution in [-0.4, -0.2) is 6.21 Å². The Morgan fingerprint density at radius 2 is 1.88 bits per heavy atom. The summed E-state index contributed by atoms with van der Waals surface area (Å²) in [6, 6.07) is 14.2. The third-order valence-corrected chi connectivity index (χ3v) is 2.62. The molecule has 0 bridgehead atoms. The lowest BCUT2D eigenvalue weighted by Gasteiger charge is -2.14. The van der Waals surface area contributed by atoms with Crippen LogP contribution in [0.5, 0.6) is 0 Å². The first-order valence-electron chi connectivity index (χ1n) is 5.22. The first-order valence-corrected chi connectivity index (χ1v) is 5.22. The Bertz CT molecular complexity index is 512. The van der Waals surface area contributed by atoms with Gasteiger partial charge in [-0.25, -0.2) is 0 Å². The molecular weight excluding hydrogens is 196 g/mol. The van der Waals surface area contributed by atoms with E-state index in [4.69, 9.17) is 5.41 Å². The molecule has 0 saturated heterocycles. The molecule has 2 aromatic carbocycles. The van der Waals surface area contributed by atoms with Crippen molar-refractivity contribution in [1.82, 2.24) is 5.32 Å².